The van der Waals surface area contributed by atoms with Crippen molar-refractivity contribution in [3.8, 4) is 11.1 Å². The summed E-state index contributed by atoms with van der Waals surface area (Å²) in [5, 5.41) is 0. The van der Waals surface area contributed by atoms with Crippen LogP contribution in [-0.2, 0) is 38.0 Å². The molecular weight excluding hydrogens is 583 g/mol. The molecule has 6 aliphatic rings. The zero-order valence-electron chi connectivity index (χ0n) is 22.8. The first-order valence-electron chi connectivity index (χ1n) is 14.3. The molecule has 0 radical (unpaired) electrons. The van der Waals surface area contributed by atoms with E-state index in [-0.39, 0.29) is 51.0 Å². The van der Waals surface area contributed by atoms with E-state index in [9.17, 15) is 0 Å². The minimum atomic E-state index is 0. The Kier molecular flexibility index (Phi) is 11.9. The molecule has 38 heavy (non-hydrogen) atoms. The van der Waals surface area contributed by atoms with Crippen molar-refractivity contribution >= 4 is 0 Å². The second-order valence-corrected chi connectivity index (χ2v) is 12.2. The summed E-state index contributed by atoms with van der Waals surface area (Å²) >= 11 is 0. The van der Waals surface area contributed by atoms with Gasteiger partial charge in [-0.1, -0.05) is 86.3 Å². The topological polar surface area (TPSA) is 0 Å². The summed E-state index contributed by atoms with van der Waals surface area (Å²) in [6.07, 6.45) is 19.7. The summed E-state index contributed by atoms with van der Waals surface area (Å²) in [7, 11) is 0. The zero-order chi connectivity index (χ0) is 23.7. The smallest absolute Gasteiger partial charge is 1.00 e. The van der Waals surface area contributed by atoms with Crippen LogP contribution in [0.4, 0.5) is 0 Å². The third-order valence-corrected chi connectivity index (χ3v) is 9.49. The van der Waals surface area contributed by atoms with Gasteiger partial charge in [0.05, 0.1) is 0 Å². The van der Waals surface area contributed by atoms with Crippen LogP contribution in [0.2, 0.25) is 0 Å². The van der Waals surface area contributed by atoms with Gasteiger partial charge < -0.3 is 31.2 Å². The second kappa shape index (κ2) is 14.2. The molecule has 0 nitrogen and oxygen atoms in total. The first kappa shape index (κ1) is 31.8. The molecule has 0 saturated heterocycles. The number of fused-ring (bicyclic) bond motifs is 3. The summed E-state index contributed by atoms with van der Waals surface area (Å²) in [6, 6.07) is 25.3. The van der Waals surface area contributed by atoms with Gasteiger partial charge in [0.25, 0.3) is 0 Å². The number of benzene rings is 2. The van der Waals surface area contributed by atoms with Crippen LogP contribution in [0.3, 0.4) is 0 Å². The third-order valence-electron chi connectivity index (χ3n) is 9.49. The minimum absolute atomic E-state index is 0. The standard InChI is InChI=1S/C16H21.C13H9.C6H11.2ClH.Zr/c1-11-2-3-15(4-11)16-8-12-5-13(9-16)7-14(6-12)10-16;1-3-7-12-10(5-1)9-11-6-2-4-8-13(11)12;1-2-4-6-5-3-1;;;/h2-4,12-14H,5-10H2,1H3;1-5,7-8H,9H2;1H,2-6H2;2*1H;/q3*-1;;;+2/p-2. The van der Waals surface area contributed by atoms with Gasteiger partial charge in [-0.15, -0.1) is 5.56 Å². The molecular formula is C35H41Cl2Zr-3. The molecule has 5 fully saturated rings. The summed E-state index contributed by atoms with van der Waals surface area (Å²) < 4.78 is 0. The van der Waals surface area contributed by atoms with Crippen LogP contribution in [-0.4, -0.2) is 0 Å². The molecule has 9 rings (SSSR count). The third kappa shape index (κ3) is 6.93. The van der Waals surface area contributed by atoms with E-state index in [4.69, 9.17) is 0 Å². The van der Waals surface area contributed by atoms with Crippen molar-refractivity contribution in [3.63, 3.8) is 0 Å². The Morgan fingerprint density at radius 3 is 2.00 bits per heavy atom. The molecule has 202 valence electrons. The molecule has 0 aliphatic heterocycles. The maximum absolute atomic E-state index is 3.30. The quantitative estimate of drug-likeness (QED) is 0.286. The van der Waals surface area contributed by atoms with Crippen molar-refractivity contribution in [2.45, 2.75) is 89.4 Å². The van der Waals surface area contributed by atoms with E-state index in [1.165, 1.54) is 79.2 Å². The van der Waals surface area contributed by atoms with Gasteiger partial charge in [-0.3, -0.25) is 0 Å². The van der Waals surface area contributed by atoms with Crippen molar-refractivity contribution in [1.82, 2.24) is 0 Å². The van der Waals surface area contributed by atoms with Crippen molar-refractivity contribution in [1.29, 1.82) is 0 Å². The van der Waals surface area contributed by atoms with E-state index in [0.717, 1.165) is 24.2 Å². The monoisotopic (exact) mass is 621 g/mol. The van der Waals surface area contributed by atoms with Gasteiger partial charge in [-0.25, -0.2) is 6.07 Å². The molecule has 5 saturated carbocycles. The maximum atomic E-state index is 3.30. The van der Waals surface area contributed by atoms with Crippen LogP contribution in [0.25, 0.3) is 11.1 Å². The molecule has 0 aromatic heterocycles. The Bertz CT molecular complexity index is 1050. The number of hydrogen-bond acceptors (Lipinski definition) is 0. The Morgan fingerprint density at radius 2 is 1.45 bits per heavy atom. The van der Waals surface area contributed by atoms with Crippen molar-refractivity contribution in [2.24, 2.45) is 17.8 Å². The molecule has 3 heteroatoms. The van der Waals surface area contributed by atoms with Crippen LogP contribution in [0.1, 0.15) is 92.9 Å². The zero-order valence-corrected chi connectivity index (χ0v) is 26.8. The summed E-state index contributed by atoms with van der Waals surface area (Å²) in [6.45, 7) is 2.24. The fourth-order valence-electron chi connectivity index (χ4n) is 8.25. The van der Waals surface area contributed by atoms with Crippen LogP contribution < -0.4 is 24.8 Å². The predicted octanol–water partition coefficient (Wildman–Crippen LogP) is 3.40. The average Bonchev–Trinajstić information content (AvgIpc) is 3.49. The van der Waals surface area contributed by atoms with Crippen LogP contribution in [0, 0.1) is 37.2 Å². The van der Waals surface area contributed by atoms with E-state index in [1.54, 1.807) is 24.8 Å². The Labute approximate surface area is 263 Å². The second-order valence-electron chi connectivity index (χ2n) is 12.2. The summed E-state index contributed by atoms with van der Waals surface area (Å²) in [5.74, 6) is 3.21. The minimum Gasteiger partial charge on any atom is -1.00 e. The van der Waals surface area contributed by atoms with Gasteiger partial charge in [0.1, 0.15) is 0 Å². The van der Waals surface area contributed by atoms with E-state index in [2.05, 4.69) is 74.0 Å². The number of aryl methyl sites for hydroxylation is 1. The molecule has 0 heterocycles. The Morgan fingerprint density at radius 1 is 0.816 bits per heavy atom. The van der Waals surface area contributed by atoms with E-state index >= 15 is 0 Å². The normalized spacial score (nSPS) is 27.0. The summed E-state index contributed by atoms with van der Waals surface area (Å²) in [4.78, 5) is 0. The number of halogens is 2. The predicted molar refractivity (Wildman–Crippen MR) is 148 cm³/mol. The van der Waals surface area contributed by atoms with Crippen molar-refractivity contribution in [3.05, 3.63) is 95.4 Å². The molecule has 0 amide bonds. The molecule has 3 aromatic carbocycles. The van der Waals surface area contributed by atoms with Gasteiger partial charge >= 0.3 is 26.2 Å². The van der Waals surface area contributed by atoms with Gasteiger partial charge in [-0.2, -0.15) is 65.9 Å². The fraction of sp³-hybridized carbons (Fsp3) is 0.486. The van der Waals surface area contributed by atoms with Gasteiger partial charge in [0.2, 0.25) is 0 Å². The molecule has 0 spiro atoms. The molecule has 0 N–H and O–H groups in total. The van der Waals surface area contributed by atoms with Crippen molar-refractivity contribution in [2.75, 3.05) is 0 Å². The number of rotatable bonds is 1. The van der Waals surface area contributed by atoms with E-state index in [1.807, 2.05) is 6.07 Å². The average molecular weight is 624 g/mol. The van der Waals surface area contributed by atoms with Gasteiger partial charge in [-0.05, 0) is 43.4 Å². The fourth-order valence-corrected chi connectivity index (χ4v) is 8.25. The molecule has 0 atom stereocenters. The molecule has 0 unspecified atom stereocenters. The Balaban J connectivity index is 0.000000165. The van der Waals surface area contributed by atoms with Gasteiger partial charge in [0.15, 0.2) is 0 Å². The van der Waals surface area contributed by atoms with Crippen LogP contribution in [0.5, 0.6) is 0 Å². The van der Waals surface area contributed by atoms with Crippen LogP contribution in [0.15, 0.2) is 60.7 Å². The molecule has 6 aliphatic carbocycles. The van der Waals surface area contributed by atoms with Gasteiger partial charge in [0, 0.05) is 0 Å². The molecule has 4 bridgehead atoms. The molecule has 3 aromatic rings. The Hall–Kier alpha value is -0.747. The summed E-state index contributed by atoms with van der Waals surface area (Å²) in [5.41, 5.74) is 9.27. The largest absolute Gasteiger partial charge is 2.00 e. The van der Waals surface area contributed by atoms with Crippen molar-refractivity contribution < 1.29 is 51.0 Å². The first-order chi connectivity index (χ1) is 17.2. The number of hydrogen-bond donors (Lipinski definition) is 0. The SMILES string of the molecule is Cc1cc(C23CC4CC(CC(C4)C2)C3)c[cH-]1.[CH-]1CCCCC1.[Cl-].[Cl-].[Zr+2].[c-]1cccc2c1Cc1ccccc1-2. The van der Waals surface area contributed by atoms with Crippen LogP contribution >= 0.6 is 0 Å². The first-order valence-corrected chi connectivity index (χ1v) is 14.3. The van der Waals surface area contributed by atoms with E-state index in [0.29, 0.717) is 5.41 Å². The van der Waals surface area contributed by atoms with E-state index < -0.39 is 0 Å². The maximum Gasteiger partial charge on any atom is 2.00 e.